The molecule has 0 spiro atoms. The molecule has 2 atom stereocenters. The molecule has 1 amide bonds. The number of carbonyl (C=O) groups excluding carboxylic acids is 1. The lowest BCUT2D eigenvalue weighted by atomic mass is 10.1. The van der Waals surface area contributed by atoms with Crippen molar-refractivity contribution in [3.05, 3.63) is 45.7 Å². The molecule has 2 aliphatic rings. The van der Waals surface area contributed by atoms with Crippen LogP contribution in [0.15, 0.2) is 23.7 Å². The normalized spacial score (nSPS) is 21.5. The summed E-state index contributed by atoms with van der Waals surface area (Å²) in [5.41, 5.74) is 2.14. The van der Waals surface area contributed by atoms with Crippen LogP contribution in [0.4, 0.5) is 0 Å². The number of fused-ring (bicyclic) bond motifs is 1. The van der Waals surface area contributed by atoms with Gasteiger partial charge in [-0.15, -0.1) is 23.1 Å². The third kappa shape index (κ3) is 3.15. The van der Waals surface area contributed by atoms with E-state index in [-0.39, 0.29) is 17.2 Å². The van der Waals surface area contributed by atoms with E-state index in [1.807, 2.05) is 13.0 Å². The van der Waals surface area contributed by atoms with Crippen LogP contribution in [0, 0.1) is 12.8 Å². The Hall–Kier alpha value is -1.40. The average molecular weight is 345 g/mol. The van der Waals surface area contributed by atoms with Crippen molar-refractivity contribution in [2.75, 3.05) is 5.75 Å². The number of aromatic nitrogens is 2. The molecule has 6 heteroatoms. The Kier molecular flexibility index (Phi) is 4.11. The maximum Gasteiger partial charge on any atom is 0.238 e. The van der Waals surface area contributed by atoms with Crippen molar-refractivity contribution in [1.82, 2.24) is 15.3 Å². The van der Waals surface area contributed by atoms with Crippen molar-refractivity contribution < 1.29 is 4.79 Å². The van der Waals surface area contributed by atoms with Crippen LogP contribution in [0.2, 0.25) is 0 Å². The van der Waals surface area contributed by atoms with Crippen LogP contribution in [0.5, 0.6) is 0 Å². The number of nitrogens with one attached hydrogen (secondary N) is 1. The topological polar surface area (TPSA) is 54.9 Å². The fourth-order valence-corrected chi connectivity index (χ4v) is 5.34. The number of hydrogen-bond acceptors (Lipinski definition) is 5. The van der Waals surface area contributed by atoms with Crippen molar-refractivity contribution in [2.24, 2.45) is 5.92 Å². The van der Waals surface area contributed by atoms with E-state index in [9.17, 15) is 4.79 Å². The molecule has 1 fully saturated rings. The summed E-state index contributed by atoms with van der Waals surface area (Å²) in [7, 11) is 0. The van der Waals surface area contributed by atoms with Crippen molar-refractivity contribution in [3.63, 3.8) is 0 Å². The molecule has 0 saturated heterocycles. The van der Waals surface area contributed by atoms with Crippen molar-refractivity contribution in [3.8, 4) is 0 Å². The van der Waals surface area contributed by atoms with Gasteiger partial charge in [-0.2, -0.15) is 0 Å². The zero-order chi connectivity index (χ0) is 15.8. The molecule has 23 heavy (non-hydrogen) atoms. The third-order valence-corrected chi connectivity index (χ3v) is 6.63. The molecule has 1 aliphatic heterocycles. The van der Waals surface area contributed by atoms with E-state index in [2.05, 4.69) is 26.7 Å². The minimum Gasteiger partial charge on any atom is -0.345 e. The van der Waals surface area contributed by atoms with Gasteiger partial charge >= 0.3 is 0 Å². The highest BCUT2D eigenvalue weighted by Crippen LogP contribution is 2.43. The van der Waals surface area contributed by atoms with Crippen molar-refractivity contribution in [1.29, 1.82) is 0 Å². The van der Waals surface area contributed by atoms with Gasteiger partial charge in [0.25, 0.3) is 0 Å². The first-order valence-corrected chi connectivity index (χ1v) is 9.93. The smallest absolute Gasteiger partial charge is 0.238 e. The first-order valence-electron chi connectivity index (χ1n) is 8.00. The first-order chi connectivity index (χ1) is 11.2. The molecule has 2 aromatic rings. The number of carbonyl (C=O) groups is 1. The fraction of sp³-hybridized carbons (Fsp3) is 0.471. The molecule has 4 rings (SSSR count). The van der Waals surface area contributed by atoms with E-state index in [0.717, 1.165) is 36.5 Å². The van der Waals surface area contributed by atoms with Crippen LogP contribution in [-0.4, -0.2) is 21.6 Å². The predicted octanol–water partition coefficient (Wildman–Crippen LogP) is 3.44. The molecule has 3 heterocycles. The lowest BCUT2D eigenvalue weighted by Gasteiger charge is -2.24. The number of amides is 1. The minimum atomic E-state index is -0.0870. The molecule has 1 N–H and O–H groups in total. The first kappa shape index (κ1) is 15.1. The van der Waals surface area contributed by atoms with E-state index >= 15 is 0 Å². The van der Waals surface area contributed by atoms with Crippen LogP contribution >= 0.6 is 23.1 Å². The molecule has 0 radical (unpaired) electrons. The van der Waals surface area contributed by atoms with Crippen LogP contribution in [0.25, 0.3) is 0 Å². The largest absolute Gasteiger partial charge is 0.345 e. The lowest BCUT2D eigenvalue weighted by molar-refractivity contribution is -0.121. The zero-order valence-corrected chi connectivity index (χ0v) is 14.6. The molecular formula is C17H19N3OS2. The summed E-state index contributed by atoms with van der Waals surface area (Å²) in [6.07, 6.45) is 5.15. The van der Waals surface area contributed by atoms with E-state index in [0.29, 0.717) is 5.92 Å². The van der Waals surface area contributed by atoms with Crippen LogP contribution in [0.3, 0.4) is 0 Å². The molecule has 1 aliphatic carbocycles. The number of nitrogens with zero attached hydrogens (tertiary/aromatic N) is 2. The lowest BCUT2D eigenvalue weighted by Crippen LogP contribution is -2.35. The Bertz CT molecular complexity index is 726. The molecular weight excluding hydrogens is 326 g/mol. The van der Waals surface area contributed by atoms with Crippen LogP contribution < -0.4 is 5.32 Å². The second-order valence-corrected chi connectivity index (χ2v) is 8.39. The van der Waals surface area contributed by atoms with Crippen molar-refractivity contribution >= 4 is 29.0 Å². The fourth-order valence-electron chi connectivity index (χ4n) is 3.03. The Morgan fingerprint density at radius 1 is 1.39 bits per heavy atom. The van der Waals surface area contributed by atoms with Gasteiger partial charge in [0, 0.05) is 16.8 Å². The van der Waals surface area contributed by atoms with E-state index in [4.69, 9.17) is 0 Å². The summed E-state index contributed by atoms with van der Waals surface area (Å²) in [5, 5.41) is 5.25. The molecule has 4 nitrogen and oxygen atoms in total. The number of thioether (sulfide) groups is 1. The highest BCUT2D eigenvalue weighted by molar-refractivity contribution is 8.00. The maximum atomic E-state index is 12.9. The molecule has 1 saturated carbocycles. The minimum absolute atomic E-state index is 0.0491. The summed E-state index contributed by atoms with van der Waals surface area (Å²) in [6, 6.07) is 3.95. The Morgan fingerprint density at radius 2 is 2.26 bits per heavy atom. The van der Waals surface area contributed by atoms with E-state index < -0.39 is 0 Å². The Balaban J connectivity index is 1.55. The summed E-state index contributed by atoms with van der Waals surface area (Å²) in [4.78, 5) is 23.2. The number of rotatable bonds is 4. The average Bonchev–Trinajstić information content (AvgIpc) is 3.28. The Labute approximate surface area is 144 Å². The molecule has 2 aromatic heterocycles. The summed E-state index contributed by atoms with van der Waals surface area (Å²) in [6.45, 7) is 1.96. The van der Waals surface area contributed by atoms with Gasteiger partial charge in [0.2, 0.25) is 5.91 Å². The molecule has 0 bridgehead atoms. The quantitative estimate of drug-likeness (QED) is 0.922. The maximum absolute atomic E-state index is 12.9. The second kappa shape index (κ2) is 6.24. The SMILES string of the molecule is Cc1ccnc([C@H](NC(=O)[C@H]2SCCc3sccc32)C2CC2)n1. The standard InChI is InChI=1S/C17H19N3OS2/c1-10-4-7-18-16(19-10)14(11-2-3-11)20-17(21)15-12-5-8-22-13(12)6-9-23-15/h4-5,7-8,11,14-15H,2-3,6,9H2,1H3,(H,20,21)/t14-,15+/m1/s1. The number of aryl methyl sites for hydroxylation is 2. The van der Waals surface area contributed by atoms with Gasteiger partial charge in [-0.05, 0) is 60.9 Å². The van der Waals surface area contributed by atoms with Gasteiger partial charge in [0.1, 0.15) is 5.25 Å². The molecule has 0 aromatic carbocycles. The van der Waals surface area contributed by atoms with Crippen LogP contribution in [0.1, 0.15) is 46.1 Å². The summed E-state index contributed by atoms with van der Waals surface area (Å²) < 4.78 is 0. The van der Waals surface area contributed by atoms with Gasteiger partial charge in [0.05, 0.1) is 6.04 Å². The van der Waals surface area contributed by atoms with Gasteiger partial charge in [-0.25, -0.2) is 9.97 Å². The van der Waals surface area contributed by atoms with Gasteiger partial charge < -0.3 is 5.32 Å². The third-order valence-electron chi connectivity index (χ3n) is 4.40. The van der Waals surface area contributed by atoms with Gasteiger partial charge in [0.15, 0.2) is 5.82 Å². The predicted molar refractivity (Wildman–Crippen MR) is 93.6 cm³/mol. The van der Waals surface area contributed by atoms with E-state index in [1.54, 1.807) is 29.3 Å². The highest BCUT2D eigenvalue weighted by Gasteiger charge is 2.37. The monoisotopic (exact) mass is 345 g/mol. The van der Waals surface area contributed by atoms with Gasteiger partial charge in [-0.3, -0.25) is 4.79 Å². The van der Waals surface area contributed by atoms with Crippen LogP contribution in [-0.2, 0) is 11.2 Å². The van der Waals surface area contributed by atoms with Gasteiger partial charge in [-0.1, -0.05) is 0 Å². The van der Waals surface area contributed by atoms with Crippen molar-refractivity contribution in [2.45, 2.75) is 37.5 Å². The summed E-state index contributed by atoms with van der Waals surface area (Å²) in [5.74, 6) is 2.36. The summed E-state index contributed by atoms with van der Waals surface area (Å²) >= 11 is 3.51. The number of hydrogen-bond donors (Lipinski definition) is 1. The van der Waals surface area contributed by atoms with E-state index in [1.165, 1.54) is 10.4 Å². The Morgan fingerprint density at radius 3 is 3.04 bits per heavy atom. The number of thiophene rings is 1. The highest BCUT2D eigenvalue weighted by atomic mass is 32.2. The molecule has 0 unspecified atom stereocenters. The molecule has 120 valence electrons. The second-order valence-electron chi connectivity index (χ2n) is 6.18. The zero-order valence-electron chi connectivity index (χ0n) is 13.0.